The molecule has 2 rings (SSSR count). The Balaban J connectivity index is 1.78. The Bertz CT molecular complexity index is 644. The molecule has 0 aliphatic heterocycles. The van der Waals surface area contributed by atoms with E-state index in [1.807, 2.05) is 48.5 Å². The zero-order valence-electron chi connectivity index (χ0n) is 10.9. The van der Waals surface area contributed by atoms with E-state index >= 15 is 0 Å². The molecule has 0 bridgehead atoms. The van der Waals surface area contributed by atoms with E-state index in [9.17, 15) is 4.79 Å². The molecular weight excluding hydrogens is 447 g/mol. The van der Waals surface area contributed by atoms with Gasteiger partial charge in [-0.25, -0.2) is 5.43 Å². The summed E-state index contributed by atoms with van der Waals surface area (Å²) in [6.45, 7) is -0.0730. The van der Waals surface area contributed by atoms with Crippen molar-refractivity contribution in [3.05, 3.63) is 62.1 Å². The summed E-state index contributed by atoms with van der Waals surface area (Å²) in [6, 6.07) is 15.1. The molecule has 2 aromatic rings. The topological polar surface area (TPSA) is 50.7 Å². The summed E-state index contributed by atoms with van der Waals surface area (Å²) in [6.07, 6.45) is 1.58. The van der Waals surface area contributed by atoms with Crippen LogP contribution in [0.4, 0.5) is 0 Å². The number of halogens is 2. The predicted octanol–water partition coefficient (Wildman–Crippen LogP) is 3.58. The highest BCUT2D eigenvalue weighted by Gasteiger charge is 2.01. The zero-order valence-corrected chi connectivity index (χ0v) is 14.7. The summed E-state index contributed by atoms with van der Waals surface area (Å²) in [5.74, 6) is 0.348. The third-order valence-corrected chi connectivity index (χ3v) is 3.65. The minimum atomic E-state index is -0.306. The van der Waals surface area contributed by atoms with E-state index in [4.69, 9.17) is 4.74 Å². The molecule has 0 aliphatic rings. The van der Waals surface area contributed by atoms with E-state index in [0.717, 1.165) is 13.6 Å². The molecule has 0 aromatic heterocycles. The van der Waals surface area contributed by atoms with Crippen molar-refractivity contribution in [3.8, 4) is 5.75 Å². The molecule has 0 aliphatic carbocycles. The molecule has 0 unspecified atom stereocenters. The number of carbonyl (C=O) groups is 1. The lowest BCUT2D eigenvalue weighted by atomic mass is 10.2. The average Bonchev–Trinajstić information content (AvgIpc) is 2.47. The van der Waals surface area contributed by atoms with Gasteiger partial charge in [-0.2, -0.15) is 5.10 Å². The van der Waals surface area contributed by atoms with Crippen LogP contribution in [0.15, 0.2) is 58.1 Å². The molecule has 0 fully saturated rings. The van der Waals surface area contributed by atoms with Gasteiger partial charge in [-0.1, -0.05) is 28.1 Å². The minimum Gasteiger partial charge on any atom is -0.484 e. The molecule has 2 aromatic carbocycles. The number of benzene rings is 2. The molecule has 0 spiro atoms. The predicted molar refractivity (Wildman–Crippen MR) is 94.5 cm³/mol. The summed E-state index contributed by atoms with van der Waals surface area (Å²) in [7, 11) is 0. The second-order valence-electron chi connectivity index (χ2n) is 4.09. The standard InChI is InChI=1S/C15H12BrIN2O2/c16-12-3-1-2-11(8-12)9-18-19-15(20)10-21-14-6-4-13(17)5-7-14/h1-9H,10H2,(H,19,20). The van der Waals surface area contributed by atoms with Crippen molar-refractivity contribution in [1.82, 2.24) is 5.43 Å². The van der Waals surface area contributed by atoms with Crippen LogP contribution < -0.4 is 10.2 Å². The number of nitrogens with zero attached hydrogens (tertiary/aromatic N) is 1. The molecule has 1 N–H and O–H groups in total. The normalized spacial score (nSPS) is 10.6. The maximum absolute atomic E-state index is 11.6. The van der Waals surface area contributed by atoms with Crippen molar-refractivity contribution in [2.45, 2.75) is 0 Å². The number of amides is 1. The van der Waals surface area contributed by atoms with Crippen LogP contribution in [0.1, 0.15) is 5.56 Å². The van der Waals surface area contributed by atoms with Gasteiger partial charge in [0, 0.05) is 8.04 Å². The third-order valence-electron chi connectivity index (χ3n) is 2.44. The van der Waals surface area contributed by atoms with Gasteiger partial charge in [0.25, 0.3) is 5.91 Å². The number of hydrazone groups is 1. The van der Waals surface area contributed by atoms with Gasteiger partial charge in [-0.3, -0.25) is 4.79 Å². The molecule has 0 radical (unpaired) electrons. The number of hydrogen-bond donors (Lipinski definition) is 1. The van der Waals surface area contributed by atoms with Crippen molar-refractivity contribution in [1.29, 1.82) is 0 Å². The van der Waals surface area contributed by atoms with Crippen molar-refractivity contribution >= 4 is 50.6 Å². The first-order chi connectivity index (χ1) is 10.1. The van der Waals surface area contributed by atoms with Crippen LogP contribution >= 0.6 is 38.5 Å². The van der Waals surface area contributed by atoms with Crippen LogP contribution in [-0.2, 0) is 4.79 Å². The lowest BCUT2D eigenvalue weighted by molar-refractivity contribution is -0.123. The minimum absolute atomic E-state index is 0.0730. The maximum Gasteiger partial charge on any atom is 0.277 e. The highest BCUT2D eigenvalue weighted by molar-refractivity contribution is 14.1. The molecular formula is C15H12BrIN2O2. The zero-order chi connectivity index (χ0) is 15.1. The molecule has 0 heterocycles. The monoisotopic (exact) mass is 458 g/mol. The highest BCUT2D eigenvalue weighted by Crippen LogP contribution is 2.13. The lowest BCUT2D eigenvalue weighted by Gasteiger charge is -2.04. The Kier molecular flexibility index (Phi) is 6.19. The summed E-state index contributed by atoms with van der Waals surface area (Å²) in [5, 5.41) is 3.88. The van der Waals surface area contributed by atoms with Crippen LogP contribution in [0.3, 0.4) is 0 Å². The SMILES string of the molecule is O=C(COc1ccc(I)cc1)NN=Cc1cccc(Br)c1. The van der Waals surface area contributed by atoms with Gasteiger partial charge >= 0.3 is 0 Å². The van der Waals surface area contributed by atoms with Crippen molar-refractivity contribution in [2.75, 3.05) is 6.61 Å². The van der Waals surface area contributed by atoms with Crippen LogP contribution in [-0.4, -0.2) is 18.7 Å². The number of rotatable bonds is 5. The van der Waals surface area contributed by atoms with Crippen LogP contribution in [0, 0.1) is 3.57 Å². The second kappa shape index (κ2) is 8.14. The molecule has 1 amide bonds. The molecule has 0 saturated heterocycles. The molecule has 21 heavy (non-hydrogen) atoms. The molecule has 4 nitrogen and oxygen atoms in total. The fourth-order valence-corrected chi connectivity index (χ4v) is 2.25. The first-order valence-corrected chi connectivity index (χ1v) is 7.96. The molecule has 0 saturated carbocycles. The van der Waals surface area contributed by atoms with Crippen molar-refractivity contribution in [3.63, 3.8) is 0 Å². The number of hydrogen-bond acceptors (Lipinski definition) is 3. The fourth-order valence-electron chi connectivity index (χ4n) is 1.48. The van der Waals surface area contributed by atoms with Gasteiger partial charge in [-0.05, 0) is 64.6 Å². The second-order valence-corrected chi connectivity index (χ2v) is 6.25. The van der Waals surface area contributed by atoms with Gasteiger partial charge in [0.15, 0.2) is 6.61 Å². The van der Waals surface area contributed by atoms with E-state index in [1.54, 1.807) is 6.21 Å². The number of ether oxygens (including phenoxy) is 1. The van der Waals surface area contributed by atoms with Gasteiger partial charge < -0.3 is 4.74 Å². The van der Waals surface area contributed by atoms with Gasteiger partial charge in [0.05, 0.1) is 6.21 Å². The Morgan fingerprint density at radius 1 is 1.29 bits per heavy atom. The largest absolute Gasteiger partial charge is 0.484 e. The summed E-state index contributed by atoms with van der Waals surface area (Å²) in [4.78, 5) is 11.6. The van der Waals surface area contributed by atoms with Gasteiger partial charge in [0.1, 0.15) is 5.75 Å². The van der Waals surface area contributed by atoms with Crippen molar-refractivity contribution in [2.24, 2.45) is 5.10 Å². The Hall–Kier alpha value is -1.41. The smallest absolute Gasteiger partial charge is 0.277 e. The summed E-state index contributed by atoms with van der Waals surface area (Å²) < 4.78 is 7.42. The Labute approximate surface area is 144 Å². The summed E-state index contributed by atoms with van der Waals surface area (Å²) >= 11 is 5.58. The van der Waals surface area contributed by atoms with E-state index in [2.05, 4.69) is 49.0 Å². The molecule has 0 atom stereocenters. The Morgan fingerprint density at radius 2 is 2.05 bits per heavy atom. The number of carbonyl (C=O) groups excluding carboxylic acids is 1. The van der Waals surface area contributed by atoms with E-state index < -0.39 is 0 Å². The first kappa shape index (κ1) is 16.0. The maximum atomic E-state index is 11.6. The Morgan fingerprint density at radius 3 is 2.76 bits per heavy atom. The first-order valence-electron chi connectivity index (χ1n) is 6.09. The summed E-state index contributed by atoms with van der Waals surface area (Å²) in [5.41, 5.74) is 3.31. The molecule has 6 heteroatoms. The average molecular weight is 459 g/mol. The highest BCUT2D eigenvalue weighted by atomic mass is 127. The van der Waals surface area contributed by atoms with Gasteiger partial charge in [-0.15, -0.1) is 0 Å². The van der Waals surface area contributed by atoms with Crippen molar-refractivity contribution < 1.29 is 9.53 Å². The van der Waals surface area contributed by atoms with Gasteiger partial charge in [0.2, 0.25) is 0 Å². The van der Waals surface area contributed by atoms with E-state index in [0.29, 0.717) is 5.75 Å². The lowest BCUT2D eigenvalue weighted by Crippen LogP contribution is -2.24. The fraction of sp³-hybridized carbons (Fsp3) is 0.0667. The van der Waals surface area contributed by atoms with Crippen LogP contribution in [0.2, 0.25) is 0 Å². The van der Waals surface area contributed by atoms with Crippen LogP contribution in [0.25, 0.3) is 0 Å². The molecule has 108 valence electrons. The number of nitrogens with one attached hydrogen (secondary N) is 1. The quantitative estimate of drug-likeness (QED) is 0.423. The third kappa shape index (κ3) is 5.84. The van der Waals surface area contributed by atoms with E-state index in [1.165, 1.54) is 0 Å². The van der Waals surface area contributed by atoms with Crippen LogP contribution in [0.5, 0.6) is 5.75 Å². The van der Waals surface area contributed by atoms with E-state index in [-0.39, 0.29) is 12.5 Å².